The Morgan fingerprint density at radius 1 is 1.32 bits per heavy atom. The zero-order chi connectivity index (χ0) is 14.4. The Kier molecular flexibility index (Phi) is 3.12. The fraction of sp³-hybridized carbons (Fsp3) is 0.615. The quantitative estimate of drug-likeness (QED) is 0.823. The van der Waals surface area contributed by atoms with Crippen LogP contribution in [0.25, 0.3) is 0 Å². The van der Waals surface area contributed by atoms with Gasteiger partial charge in [-0.25, -0.2) is 4.79 Å². The summed E-state index contributed by atoms with van der Waals surface area (Å²) in [4.78, 5) is 25.3. The molecule has 1 aromatic rings. The average Bonchev–Trinajstić information content (AvgIpc) is 2.61. The predicted molar refractivity (Wildman–Crippen MR) is 68.7 cm³/mol. The van der Waals surface area contributed by atoms with Crippen LogP contribution in [-0.2, 0) is 24.8 Å². The first-order chi connectivity index (χ1) is 8.71. The summed E-state index contributed by atoms with van der Waals surface area (Å²) in [5.41, 5.74) is 1.18. The molecule has 19 heavy (non-hydrogen) atoms. The predicted octanol–water partition coefficient (Wildman–Crippen LogP) is 1.05. The van der Waals surface area contributed by atoms with E-state index in [9.17, 15) is 14.7 Å². The van der Waals surface area contributed by atoms with E-state index >= 15 is 0 Å². The molecule has 0 saturated heterocycles. The van der Waals surface area contributed by atoms with Crippen molar-refractivity contribution in [3.05, 3.63) is 17.0 Å². The molecule has 6 nitrogen and oxygen atoms in total. The summed E-state index contributed by atoms with van der Waals surface area (Å²) in [6.07, 6.45) is 0.609. The highest BCUT2D eigenvalue weighted by Crippen LogP contribution is 2.26. The number of aryl methyl sites for hydroxylation is 1. The Morgan fingerprint density at radius 3 is 2.47 bits per heavy atom. The first-order valence-electron chi connectivity index (χ1n) is 6.29. The highest BCUT2D eigenvalue weighted by Gasteiger charge is 2.33. The fourth-order valence-electron chi connectivity index (χ4n) is 2.42. The molecule has 2 heterocycles. The number of carbonyl (C=O) groups excluding carboxylic acids is 1. The van der Waals surface area contributed by atoms with Crippen LogP contribution in [0.1, 0.15) is 42.5 Å². The third-order valence-electron chi connectivity index (χ3n) is 3.33. The maximum Gasteiger partial charge on any atom is 0.354 e. The number of carboxylic acids is 1. The Bertz CT molecular complexity index is 540. The maximum atomic E-state index is 12.3. The molecule has 104 valence electrons. The van der Waals surface area contributed by atoms with Crippen LogP contribution in [0.4, 0.5) is 0 Å². The third-order valence-corrected chi connectivity index (χ3v) is 3.33. The van der Waals surface area contributed by atoms with Crippen molar-refractivity contribution < 1.29 is 14.7 Å². The van der Waals surface area contributed by atoms with Crippen LogP contribution in [0.3, 0.4) is 0 Å². The second kappa shape index (κ2) is 4.36. The minimum absolute atomic E-state index is 0.0401. The van der Waals surface area contributed by atoms with E-state index in [0.29, 0.717) is 25.1 Å². The van der Waals surface area contributed by atoms with Crippen molar-refractivity contribution in [3.63, 3.8) is 0 Å². The lowest BCUT2D eigenvalue weighted by atomic mass is 9.93. The molecule has 2 rings (SSSR count). The number of hydrogen-bond acceptors (Lipinski definition) is 3. The van der Waals surface area contributed by atoms with Gasteiger partial charge in [0.15, 0.2) is 5.69 Å². The van der Waals surface area contributed by atoms with Crippen molar-refractivity contribution in [2.24, 2.45) is 12.5 Å². The van der Waals surface area contributed by atoms with E-state index in [-0.39, 0.29) is 11.6 Å². The van der Waals surface area contributed by atoms with E-state index in [1.165, 1.54) is 4.68 Å². The van der Waals surface area contributed by atoms with Crippen LogP contribution >= 0.6 is 0 Å². The van der Waals surface area contributed by atoms with E-state index in [4.69, 9.17) is 0 Å². The molecule has 0 aromatic carbocycles. The number of fused-ring (bicyclic) bond motifs is 1. The number of nitrogens with zero attached hydrogens (tertiary/aromatic N) is 3. The van der Waals surface area contributed by atoms with Gasteiger partial charge in [-0.2, -0.15) is 5.10 Å². The van der Waals surface area contributed by atoms with Gasteiger partial charge in [-0.05, 0) is 0 Å². The van der Waals surface area contributed by atoms with E-state index in [1.54, 1.807) is 11.9 Å². The van der Waals surface area contributed by atoms with Crippen molar-refractivity contribution in [1.29, 1.82) is 0 Å². The lowest BCUT2D eigenvalue weighted by molar-refractivity contribution is -0.140. The molecule has 6 heteroatoms. The van der Waals surface area contributed by atoms with E-state index in [1.807, 2.05) is 20.8 Å². The smallest absolute Gasteiger partial charge is 0.354 e. The number of carbonyl (C=O) groups is 2. The molecular formula is C13H19N3O3. The number of aromatic nitrogens is 2. The van der Waals surface area contributed by atoms with Crippen molar-refractivity contribution in [1.82, 2.24) is 14.7 Å². The summed E-state index contributed by atoms with van der Waals surface area (Å²) in [5.74, 6) is -0.959. The van der Waals surface area contributed by atoms with E-state index in [0.717, 1.165) is 5.69 Å². The van der Waals surface area contributed by atoms with Gasteiger partial charge in [0, 0.05) is 37.5 Å². The number of rotatable bonds is 1. The molecule has 1 N–H and O–H groups in total. The van der Waals surface area contributed by atoms with Crippen LogP contribution in [0, 0.1) is 5.41 Å². The molecule has 0 unspecified atom stereocenters. The summed E-state index contributed by atoms with van der Waals surface area (Å²) < 4.78 is 1.39. The molecule has 0 fully saturated rings. The number of aromatic carboxylic acids is 1. The summed E-state index contributed by atoms with van der Waals surface area (Å²) in [7, 11) is 1.62. The topological polar surface area (TPSA) is 75.4 Å². The van der Waals surface area contributed by atoms with Gasteiger partial charge in [0.05, 0.1) is 5.69 Å². The van der Waals surface area contributed by atoms with Crippen LogP contribution in [0.5, 0.6) is 0 Å². The highest BCUT2D eigenvalue weighted by atomic mass is 16.4. The second-order valence-corrected chi connectivity index (χ2v) is 5.93. The monoisotopic (exact) mass is 265 g/mol. The van der Waals surface area contributed by atoms with Gasteiger partial charge in [-0.15, -0.1) is 0 Å². The third kappa shape index (κ3) is 2.34. The molecule has 1 aliphatic rings. The van der Waals surface area contributed by atoms with Crippen LogP contribution in [0.15, 0.2) is 0 Å². The largest absolute Gasteiger partial charge is 0.477 e. The van der Waals surface area contributed by atoms with Gasteiger partial charge in [0.1, 0.15) is 0 Å². The van der Waals surface area contributed by atoms with Crippen molar-refractivity contribution in [2.45, 2.75) is 33.7 Å². The molecule has 0 radical (unpaired) electrons. The van der Waals surface area contributed by atoms with Gasteiger partial charge in [-0.1, -0.05) is 20.8 Å². The first kappa shape index (κ1) is 13.6. The molecule has 1 amide bonds. The Hall–Kier alpha value is -1.85. The summed E-state index contributed by atoms with van der Waals surface area (Å²) >= 11 is 0. The zero-order valence-electron chi connectivity index (χ0n) is 11.7. The van der Waals surface area contributed by atoms with Gasteiger partial charge in [0.2, 0.25) is 5.91 Å². The van der Waals surface area contributed by atoms with Crippen LogP contribution < -0.4 is 0 Å². The van der Waals surface area contributed by atoms with Crippen molar-refractivity contribution in [3.8, 4) is 0 Å². The van der Waals surface area contributed by atoms with E-state index < -0.39 is 11.4 Å². The van der Waals surface area contributed by atoms with Crippen LogP contribution in [0.2, 0.25) is 0 Å². The van der Waals surface area contributed by atoms with Gasteiger partial charge in [-0.3, -0.25) is 9.48 Å². The summed E-state index contributed by atoms with van der Waals surface area (Å²) in [6, 6.07) is 0. The van der Waals surface area contributed by atoms with E-state index in [2.05, 4.69) is 5.10 Å². The highest BCUT2D eigenvalue weighted by molar-refractivity contribution is 5.88. The van der Waals surface area contributed by atoms with Crippen LogP contribution in [-0.4, -0.2) is 38.2 Å². The Balaban J connectivity index is 2.34. The molecule has 0 aliphatic carbocycles. The average molecular weight is 265 g/mol. The Morgan fingerprint density at radius 2 is 1.95 bits per heavy atom. The lowest BCUT2D eigenvalue weighted by Crippen LogP contribution is -2.42. The lowest BCUT2D eigenvalue weighted by Gasteiger charge is -2.32. The van der Waals surface area contributed by atoms with Gasteiger partial charge in [0.25, 0.3) is 0 Å². The first-order valence-corrected chi connectivity index (χ1v) is 6.29. The Labute approximate surface area is 112 Å². The van der Waals surface area contributed by atoms with Gasteiger partial charge < -0.3 is 10.0 Å². The number of hydrogen-bond donors (Lipinski definition) is 1. The molecule has 0 atom stereocenters. The number of amides is 1. The minimum atomic E-state index is -0.999. The standard InChI is InChI=1S/C13H19N3O3/c1-13(2,3)12(19)16-6-5-9-8(7-16)10(11(17)18)15(4)14-9/h5-7H2,1-4H3,(H,17,18). The summed E-state index contributed by atoms with van der Waals surface area (Å²) in [6.45, 7) is 6.53. The molecule has 0 spiro atoms. The number of carboxylic acid groups (broad SMARTS) is 1. The molecular weight excluding hydrogens is 246 g/mol. The van der Waals surface area contributed by atoms with Gasteiger partial charge >= 0.3 is 5.97 Å². The SMILES string of the molecule is Cn1nc2c(c1C(=O)O)CN(C(=O)C(C)(C)C)CC2. The molecule has 1 aliphatic heterocycles. The molecule has 1 aromatic heterocycles. The summed E-state index contributed by atoms with van der Waals surface area (Å²) in [5, 5.41) is 13.5. The molecule has 0 bridgehead atoms. The molecule has 0 saturated carbocycles. The van der Waals surface area contributed by atoms with Crippen molar-refractivity contribution in [2.75, 3.05) is 6.54 Å². The second-order valence-electron chi connectivity index (χ2n) is 5.93. The maximum absolute atomic E-state index is 12.3. The minimum Gasteiger partial charge on any atom is -0.477 e. The normalized spacial score (nSPS) is 15.3. The van der Waals surface area contributed by atoms with Crippen molar-refractivity contribution >= 4 is 11.9 Å². The fourth-order valence-corrected chi connectivity index (χ4v) is 2.42. The zero-order valence-corrected chi connectivity index (χ0v) is 11.7.